The van der Waals surface area contributed by atoms with Gasteiger partial charge >= 0.3 is 0 Å². The van der Waals surface area contributed by atoms with E-state index in [9.17, 15) is 13.5 Å². The van der Waals surface area contributed by atoms with Crippen molar-refractivity contribution in [3.63, 3.8) is 0 Å². The summed E-state index contributed by atoms with van der Waals surface area (Å²) in [6.45, 7) is 5.07. The van der Waals surface area contributed by atoms with Crippen LogP contribution >= 0.6 is 0 Å². The SMILES string of the molecule is CC(C)C(CN(C)C)NS(=O)(=O)N1CCCCC1CO. The number of nitrogens with one attached hydrogen (secondary N) is 1. The first kappa shape index (κ1) is 17.8. The predicted octanol–water partition coefficient (Wildman–Crippen LogP) is 0.254. The molecule has 2 atom stereocenters. The lowest BCUT2D eigenvalue weighted by molar-refractivity contribution is 0.152. The molecule has 1 saturated heterocycles. The third-order valence-electron chi connectivity index (χ3n) is 3.76. The zero-order valence-electron chi connectivity index (χ0n) is 13.0. The highest BCUT2D eigenvalue weighted by atomic mass is 32.2. The van der Waals surface area contributed by atoms with Crippen molar-refractivity contribution < 1.29 is 13.5 Å². The van der Waals surface area contributed by atoms with E-state index in [1.165, 1.54) is 4.31 Å². The topological polar surface area (TPSA) is 72.9 Å². The number of likely N-dealkylation sites (N-methyl/N-ethyl adjacent to an activating group) is 1. The number of aliphatic hydroxyl groups is 1. The fourth-order valence-corrected chi connectivity index (χ4v) is 4.31. The van der Waals surface area contributed by atoms with Crippen molar-refractivity contribution in [3.05, 3.63) is 0 Å². The van der Waals surface area contributed by atoms with Gasteiger partial charge in [-0.05, 0) is 32.9 Å². The van der Waals surface area contributed by atoms with E-state index < -0.39 is 10.2 Å². The molecule has 6 nitrogen and oxygen atoms in total. The second-order valence-corrected chi connectivity index (χ2v) is 7.83. The quantitative estimate of drug-likeness (QED) is 0.707. The Bertz CT molecular complexity index is 384. The molecule has 20 heavy (non-hydrogen) atoms. The lowest BCUT2D eigenvalue weighted by atomic mass is 10.1. The number of nitrogens with zero attached hydrogens (tertiary/aromatic N) is 2. The molecule has 1 heterocycles. The van der Waals surface area contributed by atoms with Crippen molar-refractivity contribution in [2.75, 3.05) is 33.8 Å². The van der Waals surface area contributed by atoms with E-state index in [1.54, 1.807) is 0 Å². The first-order chi connectivity index (χ1) is 9.27. The van der Waals surface area contributed by atoms with Crippen LogP contribution < -0.4 is 4.72 Å². The Hall–Kier alpha value is -0.210. The summed E-state index contributed by atoms with van der Waals surface area (Å²) in [5.41, 5.74) is 0. The summed E-state index contributed by atoms with van der Waals surface area (Å²) in [5, 5.41) is 9.37. The summed E-state index contributed by atoms with van der Waals surface area (Å²) in [6.07, 6.45) is 2.57. The number of hydrogen-bond acceptors (Lipinski definition) is 4. The standard InChI is InChI=1S/C13H29N3O3S/c1-11(2)13(9-15(3)4)14-20(18,19)16-8-6-5-7-12(16)10-17/h11-14,17H,5-10H2,1-4H3. The van der Waals surface area contributed by atoms with Crippen LogP contribution in [0.5, 0.6) is 0 Å². The van der Waals surface area contributed by atoms with Gasteiger partial charge in [-0.2, -0.15) is 17.4 Å². The van der Waals surface area contributed by atoms with Crippen LogP contribution in [0.2, 0.25) is 0 Å². The highest BCUT2D eigenvalue weighted by Gasteiger charge is 2.33. The average molecular weight is 307 g/mol. The second kappa shape index (κ2) is 7.70. The molecule has 0 aromatic rings. The van der Waals surface area contributed by atoms with Gasteiger partial charge in [-0.15, -0.1) is 0 Å². The summed E-state index contributed by atoms with van der Waals surface area (Å²) < 4.78 is 29.3. The van der Waals surface area contributed by atoms with Gasteiger partial charge in [-0.25, -0.2) is 0 Å². The van der Waals surface area contributed by atoms with Gasteiger partial charge in [0.2, 0.25) is 0 Å². The van der Waals surface area contributed by atoms with E-state index >= 15 is 0 Å². The van der Waals surface area contributed by atoms with Crippen LogP contribution in [0.1, 0.15) is 33.1 Å². The van der Waals surface area contributed by atoms with Crippen molar-refractivity contribution in [2.24, 2.45) is 5.92 Å². The fourth-order valence-electron chi connectivity index (χ4n) is 2.51. The van der Waals surface area contributed by atoms with Crippen LogP contribution in [-0.2, 0) is 10.2 Å². The number of hydrogen-bond donors (Lipinski definition) is 2. The van der Waals surface area contributed by atoms with Crippen molar-refractivity contribution in [3.8, 4) is 0 Å². The first-order valence-corrected chi connectivity index (χ1v) is 8.76. The second-order valence-electron chi connectivity index (χ2n) is 6.18. The van der Waals surface area contributed by atoms with Crippen LogP contribution in [0.15, 0.2) is 0 Å². The van der Waals surface area contributed by atoms with Gasteiger partial charge in [0, 0.05) is 25.2 Å². The Labute approximate surface area is 123 Å². The van der Waals surface area contributed by atoms with Gasteiger partial charge in [0.15, 0.2) is 0 Å². The molecule has 1 fully saturated rings. The molecule has 0 bridgehead atoms. The van der Waals surface area contributed by atoms with Crippen LogP contribution in [0.4, 0.5) is 0 Å². The van der Waals surface area contributed by atoms with Crippen LogP contribution in [0, 0.1) is 5.92 Å². The molecule has 0 spiro atoms. The smallest absolute Gasteiger partial charge is 0.280 e. The van der Waals surface area contributed by atoms with Crippen molar-refractivity contribution >= 4 is 10.2 Å². The highest BCUT2D eigenvalue weighted by molar-refractivity contribution is 7.87. The Balaban J connectivity index is 2.80. The minimum Gasteiger partial charge on any atom is -0.395 e. The van der Waals surface area contributed by atoms with Crippen molar-refractivity contribution in [1.29, 1.82) is 0 Å². The minimum absolute atomic E-state index is 0.110. The minimum atomic E-state index is -3.54. The van der Waals surface area contributed by atoms with E-state index in [4.69, 9.17) is 0 Å². The van der Waals surface area contributed by atoms with E-state index in [0.29, 0.717) is 13.1 Å². The fraction of sp³-hybridized carbons (Fsp3) is 1.00. The summed E-state index contributed by atoms with van der Waals surface area (Å²) in [7, 11) is 0.325. The maximum absolute atomic E-state index is 12.5. The molecule has 0 aromatic heterocycles. The first-order valence-electron chi connectivity index (χ1n) is 7.32. The zero-order chi connectivity index (χ0) is 15.3. The molecule has 7 heteroatoms. The third kappa shape index (κ3) is 4.96. The molecular weight excluding hydrogens is 278 g/mol. The molecule has 0 aliphatic carbocycles. The molecule has 120 valence electrons. The van der Waals surface area contributed by atoms with E-state index in [-0.39, 0.29) is 24.6 Å². The molecule has 2 N–H and O–H groups in total. The summed E-state index contributed by atoms with van der Waals surface area (Å²) in [5.74, 6) is 0.213. The monoisotopic (exact) mass is 307 g/mol. The largest absolute Gasteiger partial charge is 0.395 e. The van der Waals surface area contributed by atoms with Crippen LogP contribution in [0.3, 0.4) is 0 Å². The summed E-state index contributed by atoms with van der Waals surface area (Å²) in [4.78, 5) is 1.98. The van der Waals surface area contributed by atoms with Crippen LogP contribution in [-0.4, -0.2) is 68.6 Å². The Morgan fingerprint density at radius 1 is 1.35 bits per heavy atom. The zero-order valence-corrected chi connectivity index (χ0v) is 13.9. The van der Waals surface area contributed by atoms with Crippen molar-refractivity contribution in [1.82, 2.24) is 13.9 Å². The van der Waals surface area contributed by atoms with Gasteiger partial charge in [-0.3, -0.25) is 0 Å². The van der Waals surface area contributed by atoms with Gasteiger partial charge in [-0.1, -0.05) is 20.3 Å². The average Bonchev–Trinajstić information content (AvgIpc) is 2.37. The maximum Gasteiger partial charge on any atom is 0.280 e. The van der Waals surface area contributed by atoms with E-state index in [2.05, 4.69) is 4.72 Å². The van der Waals surface area contributed by atoms with Crippen molar-refractivity contribution in [2.45, 2.75) is 45.2 Å². The third-order valence-corrected chi connectivity index (χ3v) is 5.46. The van der Waals surface area contributed by atoms with Gasteiger partial charge in [0.05, 0.1) is 6.61 Å². The van der Waals surface area contributed by atoms with Gasteiger partial charge in [0.25, 0.3) is 10.2 Å². The normalized spacial score (nSPS) is 23.4. The Morgan fingerprint density at radius 3 is 2.50 bits per heavy atom. The van der Waals surface area contributed by atoms with Gasteiger partial charge in [0.1, 0.15) is 0 Å². The molecule has 1 rings (SSSR count). The van der Waals surface area contributed by atoms with Gasteiger partial charge < -0.3 is 10.0 Å². The van der Waals surface area contributed by atoms with Crippen LogP contribution in [0.25, 0.3) is 0 Å². The molecule has 1 aliphatic heterocycles. The number of aliphatic hydroxyl groups excluding tert-OH is 1. The Morgan fingerprint density at radius 2 is 2.00 bits per heavy atom. The molecule has 0 amide bonds. The Kier molecular flexibility index (Phi) is 6.87. The number of piperidine rings is 1. The predicted molar refractivity (Wildman–Crippen MR) is 80.7 cm³/mol. The maximum atomic E-state index is 12.5. The highest BCUT2D eigenvalue weighted by Crippen LogP contribution is 2.20. The lowest BCUT2D eigenvalue weighted by Gasteiger charge is -2.35. The molecular formula is C13H29N3O3S. The molecule has 0 saturated carbocycles. The summed E-state index contributed by atoms with van der Waals surface area (Å²) in [6, 6.07) is -0.412. The lowest BCUT2D eigenvalue weighted by Crippen LogP contribution is -2.55. The number of rotatable bonds is 7. The molecule has 1 aliphatic rings. The van der Waals surface area contributed by atoms with E-state index in [0.717, 1.165) is 19.3 Å². The molecule has 2 unspecified atom stereocenters. The molecule has 0 aromatic carbocycles. The summed E-state index contributed by atoms with van der Waals surface area (Å²) >= 11 is 0. The van der Waals surface area contributed by atoms with E-state index in [1.807, 2.05) is 32.8 Å². The molecule has 0 radical (unpaired) electrons.